The first kappa shape index (κ1) is 18.9. The quantitative estimate of drug-likeness (QED) is 0.729. The van der Waals surface area contributed by atoms with E-state index in [0.29, 0.717) is 17.1 Å². The number of carbonyl (C=O) groups excluding carboxylic acids is 2. The van der Waals surface area contributed by atoms with Crippen molar-refractivity contribution in [1.82, 2.24) is 0 Å². The van der Waals surface area contributed by atoms with Gasteiger partial charge in [-0.2, -0.15) is 5.26 Å². The van der Waals surface area contributed by atoms with Gasteiger partial charge in [0.25, 0.3) is 5.91 Å². The van der Waals surface area contributed by atoms with Gasteiger partial charge in [0.2, 0.25) is 5.88 Å². The number of nitrogens with two attached hydrogens (primary N) is 2. The monoisotopic (exact) mass is 357 g/mol. The van der Waals surface area contributed by atoms with Crippen molar-refractivity contribution in [2.45, 2.75) is 19.8 Å². The van der Waals surface area contributed by atoms with Gasteiger partial charge in [-0.05, 0) is 31.5 Å². The highest BCUT2D eigenvalue weighted by Crippen LogP contribution is 2.39. The predicted molar refractivity (Wildman–Crippen MR) is 91.1 cm³/mol. The zero-order valence-corrected chi connectivity index (χ0v) is 14.4. The number of esters is 1. The summed E-state index contributed by atoms with van der Waals surface area (Å²) in [5.41, 5.74) is 11.9. The van der Waals surface area contributed by atoms with Crippen LogP contribution in [0.25, 0.3) is 0 Å². The fraction of sp³-hybridized carbons (Fsp3) is 0.278. The fourth-order valence-corrected chi connectivity index (χ4v) is 2.58. The molecule has 0 aromatic heterocycles. The zero-order chi connectivity index (χ0) is 19.3. The molecule has 1 aliphatic heterocycles. The second-order valence-electron chi connectivity index (χ2n) is 5.44. The molecule has 0 fully saturated rings. The van der Waals surface area contributed by atoms with Crippen LogP contribution in [0.4, 0.5) is 0 Å². The van der Waals surface area contributed by atoms with E-state index in [0.717, 1.165) is 0 Å². The molecule has 0 aliphatic carbocycles. The third-order valence-corrected chi connectivity index (χ3v) is 3.70. The largest absolute Gasteiger partial charge is 0.484 e. The molecule has 1 aliphatic rings. The van der Waals surface area contributed by atoms with Gasteiger partial charge >= 0.3 is 5.97 Å². The van der Waals surface area contributed by atoms with Crippen LogP contribution in [0, 0.1) is 11.3 Å². The van der Waals surface area contributed by atoms with E-state index in [4.69, 9.17) is 25.7 Å². The Bertz CT molecular complexity index is 818. The van der Waals surface area contributed by atoms with Gasteiger partial charge in [0.15, 0.2) is 6.61 Å². The number of ether oxygens (including phenoxy) is 3. The van der Waals surface area contributed by atoms with Crippen LogP contribution < -0.4 is 16.2 Å². The summed E-state index contributed by atoms with van der Waals surface area (Å²) in [7, 11) is 0. The number of carbonyl (C=O) groups is 2. The summed E-state index contributed by atoms with van der Waals surface area (Å²) < 4.78 is 15.6. The van der Waals surface area contributed by atoms with Crippen LogP contribution in [0.15, 0.2) is 47.1 Å². The number of primary amides is 1. The fourth-order valence-electron chi connectivity index (χ4n) is 2.58. The van der Waals surface area contributed by atoms with Crippen LogP contribution in [0.1, 0.15) is 25.3 Å². The highest BCUT2D eigenvalue weighted by atomic mass is 16.5. The average Bonchev–Trinajstić information content (AvgIpc) is 2.60. The Morgan fingerprint density at radius 2 is 1.96 bits per heavy atom. The van der Waals surface area contributed by atoms with E-state index in [1.54, 1.807) is 38.1 Å². The van der Waals surface area contributed by atoms with Crippen molar-refractivity contribution >= 4 is 11.9 Å². The molecule has 0 bridgehead atoms. The predicted octanol–water partition coefficient (Wildman–Crippen LogP) is 1.20. The van der Waals surface area contributed by atoms with E-state index in [1.165, 1.54) is 0 Å². The first-order valence-electron chi connectivity index (χ1n) is 7.85. The maximum Gasteiger partial charge on any atom is 0.340 e. The smallest absolute Gasteiger partial charge is 0.340 e. The molecule has 0 radical (unpaired) electrons. The zero-order valence-electron chi connectivity index (χ0n) is 14.4. The van der Waals surface area contributed by atoms with E-state index < -0.39 is 17.8 Å². The van der Waals surface area contributed by atoms with Crippen molar-refractivity contribution in [3.63, 3.8) is 0 Å². The number of nitrogens with zero attached hydrogens (tertiary/aromatic N) is 1. The van der Waals surface area contributed by atoms with E-state index >= 15 is 0 Å². The van der Waals surface area contributed by atoms with Crippen LogP contribution in [0.2, 0.25) is 0 Å². The van der Waals surface area contributed by atoms with E-state index in [9.17, 15) is 14.9 Å². The molecule has 0 saturated heterocycles. The van der Waals surface area contributed by atoms with Gasteiger partial charge in [0.05, 0.1) is 24.2 Å². The summed E-state index contributed by atoms with van der Waals surface area (Å²) in [5.74, 6) is -1.32. The number of benzene rings is 1. The van der Waals surface area contributed by atoms with Gasteiger partial charge in [-0.1, -0.05) is 12.1 Å². The summed E-state index contributed by atoms with van der Waals surface area (Å²) in [6.45, 7) is 3.18. The molecule has 0 spiro atoms. The second kappa shape index (κ2) is 8.07. The Balaban J connectivity index is 2.43. The summed E-state index contributed by atoms with van der Waals surface area (Å²) >= 11 is 0. The normalized spacial score (nSPS) is 16.6. The molecule has 1 aromatic carbocycles. The second-order valence-corrected chi connectivity index (χ2v) is 5.44. The molecule has 4 N–H and O–H groups in total. The van der Waals surface area contributed by atoms with Gasteiger partial charge in [-0.3, -0.25) is 4.79 Å². The lowest BCUT2D eigenvalue weighted by molar-refractivity contribution is -0.139. The average molecular weight is 357 g/mol. The molecule has 0 unspecified atom stereocenters. The third-order valence-electron chi connectivity index (χ3n) is 3.70. The summed E-state index contributed by atoms with van der Waals surface area (Å²) in [4.78, 5) is 23.1. The van der Waals surface area contributed by atoms with Crippen LogP contribution in [0.5, 0.6) is 5.75 Å². The molecule has 8 nitrogen and oxygen atoms in total. The maximum absolute atomic E-state index is 12.4. The molecule has 1 heterocycles. The van der Waals surface area contributed by atoms with Crippen molar-refractivity contribution in [2.24, 2.45) is 11.5 Å². The molecule has 1 aromatic rings. The van der Waals surface area contributed by atoms with Crippen molar-refractivity contribution in [3.8, 4) is 11.8 Å². The van der Waals surface area contributed by atoms with Gasteiger partial charge in [0, 0.05) is 0 Å². The lowest BCUT2D eigenvalue weighted by Crippen LogP contribution is -2.26. The Labute approximate surface area is 150 Å². The minimum Gasteiger partial charge on any atom is -0.484 e. The molecular formula is C18H19N3O5. The topological polar surface area (TPSA) is 138 Å². The number of allylic oxidation sites excluding steroid dienone is 2. The first-order chi connectivity index (χ1) is 12.4. The first-order valence-corrected chi connectivity index (χ1v) is 7.85. The molecular weight excluding hydrogens is 338 g/mol. The molecule has 1 amide bonds. The summed E-state index contributed by atoms with van der Waals surface area (Å²) in [6, 6.07) is 8.63. The number of amides is 1. The number of rotatable bonds is 6. The summed E-state index contributed by atoms with van der Waals surface area (Å²) in [6.07, 6.45) is 0. The van der Waals surface area contributed by atoms with Gasteiger partial charge in [-0.25, -0.2) is 4.79 Å². The Kier molecular flexibility index (Phi) is 5.86. The minimum atomic E-state index is -0.724. The van der Waals surface area contributed by atoms with E-state index in [2.05, 4.69) is 6.07 Å². The van der Waals surface area contributed by atoms with Gasteiger partial charge < -0.3 is 25.7 Å². The van der Waals surface area contributed by atoms with Crippen molar-refractivity contribution < 1.29 is 23.8 Å². The standard InChI is InChI=1S/C18H19N3O5/c1-3-24-18(23)16-15(13(8-19)10(2)26-17(16)21)11-4-6-12(7-5-11)25-9-14(20)22/h4-7,15H,3,9,21H2,1-2H3,(H2,20,22)/t15-/m1/s1. The Hall–Kier alpha value is -3.47. The maximum atomic E-state index is 12.4. The highest BCUT2D eigenvalue weighted by molar-refractivity contribution is 5.92. The highest BCUT2D eigenvalue weighted by Gasteiger charge is 2.36. The van der Waals surface area contributed by atoms with Crippen LogP contribution in [0.3, 0.4) is 0 Å². The number of nitriles is 1. The third kappa shape index (κ3) is 3.95. The molecule has 26 heavy (non-hydrogen) atoms. The Morgan fingerprint density at radius 3 is 2.50 bits per heavy atom. The molecule has 8 heteroatoms. The Morgan fingerprint density at radius 1 is 1.31 bits per heavy atom. The van der Waals surface area contributed by atoms with Gasteiger partial charge in [0.1, 0.15) is 17.1 Å². The lowest BCUT2D eigenvalue weighted by atomic mass is 9.83. The van der Waals surface area contributed by atoms with Gasteiger partial charge in [-0.15, -0.1) is 0 Å². The van der Waals surface area contributed by atoms with Crippen LogP contribution in [-0.2, 0) is 19.1 Å². The summed E-state index contributed by atoms with van der Waals surface area (Å²) in [5, 5.41) is 9.53. The molecule has 2 rings (SSSR count). The minimum absolute atomic E-state index is 0.0693. The van der Waals surface area contributed by atoms with E-state index in [-0.39, 0.29) is 30.2 Å². The molecule has 0 saturated carbocycles. The van der Waals surface area contributed by atoms with Crippen LogP contribution in [-0.4, -0.2) is 25.1 Å². The van der Waals surface area contributed by atoms with Crippen molar-refractivity contribution in [1.29, 1.82) is 5.26 Å². The molecule has 136 valence electrons. The van der Waals surface area contributed by atoms with E-state index in [1.807, 2.05) is 0 Å². The van der Waals surface area contributed by atoms with Crippen LogP contribution >= 0.6 is 0 Å². The molecule has 1 atom stereocenters. The SMILES string of the molecule is CCOC(=O)C1=C(N)OC(C)=C(C#N)[C@H]1c1ccc(OCC(N)=O)cc1. The lowest BCUT2D eigenvalue weighted by Gasteiger charge is -2.26. The number of hydrogen-bond acceptors (Lipinski definition) is 7. The van der Waals surface area contributed by atoms with Crippen molar-refractivity contribution in [3.05, 3.63) is 52.6 Å². The van der Waals surface area contributed by atoms with Crippen molar-refractivity contribution in [2.75, 3.05) is 13.2 Å². The number of hydrogen-bond donors (Lipinski definition) is 2.